The fourth-order valence-electron chi connectivity index (χ4n) is 2.13. The van der Waals surface area contributed by atoms with Gasteiger partial charge in [0, 0.05) is 12.8 Å². The second-order valence-corrected chi connectivity index (χ2v) is 4.59. The maximum atomic E-state index is 12.1. The van der Waals surface area contributed by atoms with Crippen molar-refractivity contribution < 1.29 is 18.9 Å². The Kier molecular flexibility index (Phi) is 4.11. The Morgan fingerprint density at radius 3 is 2.85 bits per heavy atom. The van der Waals surface area contributed by atoms with Crippen molar-refractivity contribution in [1.82, 2.24) is 20.4 Å². The first-order valence-corrected chi connectivity index (χ1v) is 6.43. The van der Waals surface area contributed by atoms with Crippen LogP contribution in [-0.2, 0) is 20.8 Å². The first-order valence-electron chi connectivity index (χ1n) is 6.43. The Labute approximate surface area is 115 Å². The molecule has 0 radical (unpaired) electrons. The number of imide groups is 1. The van der Waals surface area contributed by atoms with E-state index in [4.69, 9.17) is 4.52 Å². The summed E-state index contributed by atoms with van der Waals surface area (Å²) in [5, 5.41) is 5.86. The van der Waals surface area contributed by atoms with Crippen molar-refractivity contribution in [3.05, 3.63) is 11.7 Å². The Bertz CT molecular complexity index is 539. The number of hydrogen-bond donors (Lipinski definition) is 1. The van der Waals surface area contributed by atoms with E-state index in [1.165, 1.54) is 4.90 Å². The van der Waals surface area contributed by atoms with E-state index in [9.17, 15) is 14.4 Å². The third kappa shape index (κ3) is 3.01. The number of nitrogens with zero attached hydrogens (tertiary/aromatic N) is 3. The lowest BCUT2D eigenvalue weighted by Gasteiger charge is -2.33. The van der Waals surface area contributed by atoms with E-state index in [2.05, 4.69) is 15.5 Å². The predicted molar refractivity (Wildman–Crippen MR) is 66.3 cm³/mol. The summed E-state index contributed by atoms with van der Waals surface area (Å²) < 4.78 is 4.92. The third-order valence-corrected chi connectivity index (χ3v) is 3.08. The zero-order valence-electron chi connectivity index (χ0n) is 11.4. The highest BCUT2D eigenvalue weighted by molar-refractivity contribution is 6.04. The normalized spacial score (nSPS) is 19.1. The summed E-state index contributed by atoms with van der Waals surface area (Å²) in [6.45, 7) is 3.39. The van der Waals surface area contributed by atoms with Gasteiger partial charge in [0.2, 0.25) is 23.6 Å². The maximum Gasteiger partial charge on any atom is 0.249 e. The van der Waals surface area contributed by atoms with Crippen LogP contribution < -0.4 is 5.32 Å². The third-order valence-electron chi connectivity index (χ3n) is 3.08. The van der Waals surface area contributed by atoms with Crippen LogP contribution in [0.4, 0.5) is 0 Å². The standard InChI is InChI=1S/C12H16N4O4/c1-3-8-12(19)14-9(17)6-16(8)11(18)5-4-10-13-7(2)15-20-10/h8H,3-6H2,1-2H3,(H,14,17,19). The molecule has 8 heteroatoms. The van der Waals surface area contributed by atoms with Crippen molar-refractivity contribution in [2.45, 2.75) is 39.2 Å². The van der Waals surface area contributed by atoms with Gasteiger partial charge in [0.15, 0.2) is 5.82 Å². The minimum atomic E-state index is -0.593. The molecular formula is C12H16N4O4. The molecule has 1 fully saturated rings. The highest BCUT2D eigenvalue weighted by Crippen LogP contribution is 2.12. The molecule has 1 unspecified atom stereocenters. The van der Waals surface area contributed by atoms with Crippen LogP contribution in [0.15, 0.2) is 4.52 Å². The van der Waals surface area contributed by atoms with Crippen LogP contribution in [0.5, 0.6) is 0 Å². The lowest BCUT2D eigenvalue weighted by atomic mass is 10.1. The molecule has 2 rings (SSSR count). The SMILES string of the molecule is CCC1C(=O)NC(=O)CN1C(=O)CCc1nc(C)no1. The van der Waals surface area contributed by atoms with Crippen LogP contribution in [-0.4, -0.2) is 45.3 Å². The van der Waals surface area contributed by atoms with E-state index in [1.807, 2.05) is 0 Å². The molecule has 1 aromatic heterocycles. The fourth-order valence-corrected chi connectivity index (χ4v) is 2.13. The van der Waals surface area contributed by atoms with E-state index in [1.54, 1.807) is 13.8 Å². The molecular weight excluding hydrogens is 264 g/mol. The number of hydrogen-bond acceptors (Lipinski definition) is 6. The van der Waals surface area contributed by atoms with Crippen LogP contribution in [0.2, 0.25) is 0 Å². The Hall–Kier alpha value is -2.25. The maximum absolute atomic E-state index is 12.1. The van der Waals surface area contributed by atoms with Gasteiger partial charge in [-0.2, -0.15) is 4.98 Å². The molecule has 1 saturated heterocycles. The van der Waals surface area contributed by atoms with Crippen molar-refractivity contribution in [3.63, 3.8) is 0 Å². The van der Waals surface area contributed by atoms with Gasteiger partial charge in [-0.25, -0.2) is 0 Å². The van der Waals surface area contributed by atoms with Crippen LogP contribution in [0, 0.1) is 6.92 Å². The summed E-state index contributed by atoms with van der Waals surface area (Å²) in [4.78, 5) is 40.5. The number of aryl methyl sites for hydroxylation is 2. The van der Waals surface area contributed by atoms with Crippen LogP contribution >= 0.6 is 0 Å². The van der Waals surface area contributed by atoms with Gasteiger partial charge in [-0.15, -0.1) is 0 Å². The molecule has 108 valence electrons. The highest BCUT2D eigenvalue weighted by Gasteiger charge is 2.35. The minimum absolute atomic E-state index is 0.0913. The molecule has 1 aromatic rings. The molecule has 0 aromatic carbocycles. The first-order chi connectivity index (χ1) is 9.51. The fraction of sp³-hybridized carbons (Fsp3) is 0.583. The molecule has 0 saturated carbocycles. The summed E-state index contributed by atoms with van der Waals surface area (Å²) in [6.07, 6.45) is 0.881. The van der Waals surface area contributed by atoms with Crippen molar-refractivity contribution in [2.24, 2.45) is 0 Å². The molecule has 8 nitrogen and oxygen atoms in total. The second kappa shape index (κ2) is 5.81. The number of aromatic nitrogens is 2. The average Bonchev–Trinajstić information content (AvgIpc) is 2.81. The molecule has 1 aliphatic rings. The topological polar surface area (TPSA) is 105 Å². The average molecular weight is 280 g/mol. The molecule has 0 spiro atoms. The Morgan fingerprint density at radius 1 is 1.50 bits per heavy atom. The summed E-state index contributed by atoms with van der Waals surface area (Å²) in [5.74, 6) is -0.272. The van der Waals surface area contributed by atoms with Gasteiger partial charge in [0.25, 0.3) is 0 Å². The van der Waals surface area contributed by atoms with Crippen molar-refractivity contribution >= 4 is 17.7 Å². The van der Waals surface area contributed by atoms with Gasteiger partial charge >= 0.3 is 0 Å². The number of piperazine rings is 1. The van der Waals surface area contributed by atoms with E-state index < -0.39 is 17.9 Å². The number of amides is 3. The summed E-state index contributed by atoms with van der Waals surface area (Å²) in [7, 11) is 0. The molecule has 2 heterocycles. The number of rotatable bonds is 4. The number of carbonyl (C=O) groups is 3. The van der Waals surface area contributed by atoms with Crippen molar-refractivity contribution in [2.75, 3.05) is 6.54 Å². The van der Waals surface area contributed by atoms with Crippen LogP contribution in [0.1, 0.15) is 31.5 Å². The second-order valence-electron chi connectivity index (χ2n) is 4.59. The van der Waals surface area contributed by atoms with Gasteiger partial charge in [-0.05, 0) is 13.3 Å². The van der Waals surface area contributed by atoms with Gasteiger partial charge in [0.05, 0.1) is 0 Å². The molecule has 20 heavy (non-hydrogen) atoms. The monoisotopic (exact) mass is 280 g/mol. The zero-order valence-corrected chi connectivity index (χ0v) is 11.4. The molecule has 1 aliphatic heterocycles. The lowest BCUT2D eigenvalue weighted by Crippen LogP contribution is -2.59. The van der Waals surface area contributed by atoms with Crippen LogP contribution in [0.3, 0.4) is 0 Å². The predicted octanol–water partition coefficient (Wildman–Crippen LogP) is -0.426. The summed E-state index contributed by atoms with van der Waals surface area (Å²) in [6, 6.07) is -0.593. The highest BCUT2D eigenvalue weighted by atomic mass is 16.5. The number of nitrogens with one attached hydrogen (secondary N) is 1. The smallest absolute Gasteiger partial charge is 0.249 e. The molecule has 0 bridgehead atoms. The Balaban J connectivity index is 1.99. The van der Waals surface area contributed by atoms with E-state index in [0.29, 0.717) is 24.6 Å². The van der Waals surface area contributed by atoms with E-state index >= 15 is 0 Å². The quantitative estimate of drug-likeness (QED) is 0.750. The Morgan fingerprint density at radius 2 is 2.25 bits per heavy atom. The van der Waals surface area contributed by atoms with Crippen molar-refractivity contribution in [3.8, 4) is 0 Å². The largest absolute Gasteiger partial charge is 0.339 e. The zero-order chi connectivity index (χ0) is 14.7. The van der Waals surface area contributed by atoms with Gasteiger partial charge < -0.3 is 9.42 Å². The number of carbonyl (C=O) groups excluding carboxylic acids is 3. The van der Waals surface area contributed by atoms with E-state index in [-0.39, 0.29) is 18.9 Å². The summed E-state index contributed by atoms with van der Waals surface area (Å²) >= 11 is 0. The van der Waals surface area contributed by atoms with E-state index in [0.717, 1.165) is 0 Å². The minimum Gasteiger partial charge on any atom is -0.339 e. The van der Waals surface area contributed by atoms with Crippen LogP contribution in [0.25, 0.3) is 0 Å². The van der Waals surface area contributed by atoms with Gasteiger partial charge in [-0.3, -0.25) is 19.7 Å². The molecule has 1 atom stereocenters. The molecule has 0 aliphatic carbocycles. The first kappa shape index (κ1) is 14.2. The van der Waals surface area contributed by atoms with Crippen molar-refractivity contribution in [1.29, 1.82) is 0 Å². The molecule has 1 N–H and O–H groups in total. The van der Waals surface area contributed by atoms with Gasteiger partial charge in [0.1, 0.15) is 12.6 Å². The summed E-state index contributed by atoms with van der Waals surface area (Å²) in [5.41, 5.74) is 0. The lowest BCUT2D eigenvalue weighted by molar-refractivity contribution is -0.150. The molecule has 3 amide bonds. The van der Waals surface area contributed by atoms with Gasteiger partial charge in [-0.1, -0.05) is 12.1 Å².